The second-order valence-electron chi connectivity index (χ2n) is 7.37. The highest BCUT2D eigenvalue weighted by molar-refractivity contribution is 6.31. The molecule has 5 nitrogen and oxygen atoms in total. The summed E-state index contributed by atoms with van der Waals surface area (Å²) < 4.78 is 11.8. The number of rotatable bonds is 10. The van der Waals surface area contributed by atoms with Crippen LogP contribution in [0.1, 0.15) is 23.9 Å². The van der Waals surface area contributed by atoms with E-state index in [4.69, 9.17) is 32.7 Å². The molecule has 0 bridgehead atoms. The molecule has 2 N–H and O–H groups in total. The lowest BCUT2D eigenvalue weighted by Crippen LogP contribution is -2.17. The van der Waals surface area contributed by atoms with Gasteiger partial charge in [-0.15, -0.1) is 0 Å². The molecule has 1 heterocycles. The Hall–Kier alpha value is -2.73. The zero-order valence-corrected chi connectivity index (χ0v) is 19.3. The number of benzene rings is 3. The van der Waals surface area contributed by atoms with E-state index in [0.29, 0.717) is 41.3 Å². The number of hydrogen-bond donors (Lipinski definition) is 2. The van der Waals surface area contributed by atoms with E-state index in [2.05, 4.69) is 15.3 Å². The largest absolute Gasteiger partial charge is 0.490 e. The van der Waals surface area contributed by atoms with Crippen molar-refractivity contribution < 1.29 is 9.47 Å². The first-order chi connectivity index (χ1) is 15.6. The van der Waals surface area contributed by atoms with Gasteiger partial charge in [0.25, 0.3) is 0 Å². The Labute approximate surface area is 197 Å². The Balaban J connectivity index is 1.36. The Morgan fingerprint density at radius 2 is 1.75 bits per heavy atom. The molecule has 0 saturated heterocycles. The van der Waals surface area contributed by atoms with E-state index < -0.39 is 0 Å². The molecule has 0 radical (unpaired) electrons. The van der Waals surface area contributed by atoms with Crippen molar-refractivity contribution in [1.29, 1.82) is 0 Å². The van der Waals surface area contributed by atoms with Crippen LogP contribution in [0.3, 0.4) is 0 Å². The molecule has 0 aliphatic heterocycles. The molecular weight excluding hydrogens is 445 g/mol. The van der Waals surface area contributed by atoms with Gasteiger partial charge in [-0.25, -0.2) is 4.98 Å². The monoisotopic (exact) mass is 469 g/mol. The lowest BCUT2D eigenvalue weighted by molar-refractivity contribution is 0.269. The van der Waals surface area contributed by atoms with Crippen LogP contribution in [0, 0.1) is 0 Å². The number of ether oxygens (including phenoxy) is 2. The average Bonchev–Trinajstić information content (AvgIpc) is 3.21. The molecule has 1 aromatic heterocycles. The van der Waals surface area contributed by atoms with Crippen LogP contribution in [0.5, 0.6) is 11.5 Å². The fourth-order valence-electron chi connectivity index (χ4n) is 3.39. The molecule has 0 unspecified atom stereocenters. The van der Waals surface area contributed by atoms with Gasteiger partial charge in [0.05, 0.1) is 17.6 Å². The summed E-state index contributed by atoms with van der Waals surface area (Å²) in [6, 6.07) is 19.4. The fourth-order valence-corrected chi connectivity index (χ4v) is 3.74. The Morgan fingerprint density at radius 1 is 0.969 bits per heavy atom. The smallest absolute Gasteiger partial charge is 0.163 e. The Kier molecular flexibility index (Phi) is 7.53. The molecule has 0 aliphatic carbocycles. The SMILES string of the molecule is CCOc1cc(CNCCc2nc3ccccc3[nH]2)c(Cl)cc1OCc1ccc(Cl)cc1. The molecular formula is C25H25Cl2N3O2. The molecule has 4 aromatic rings. The molecule has 7 heteroatoms. The van der Waals surface area contributed by atoms with Crippen molar-refractivity contribution in [1.82, 2.24) is 15.3 Å². The van der Waals surface area contributed by atoms with Crippen molar-refractivity contribution >= 4 is 34.2 Å². The van der Waals surface area contributed by atoms with E-state index in [1.807, 2.05) is 67.6 Å². The molecule has 0 atom stereocenters. The van der Waals surface area contributed by atoms with E-state index in [-0.39, 0.29) is 0 Å². The molecule has 3 aromatic carbocycles. The standard InChI is InChI=1S/C25H25Cl2N3O2/c1-2-31-23-13-18(15-28-12-11-25-29-21-5-3-4-6-22(21)30-25)20(27)14-24(23)32-16-17-7-9-19(26)10-8-17/h3-10,13-14,28H,2,11-12,15-16H2,1H3,(H,29,30). The summed E-state index contributed by atoms with van der Waals surface area (Å²) in [6.45, 7) is 4.29. The summed E-state index contributed by atoms with van der Waals surface area (Å²) >= 11 is 12.5. The second kappa shape index (κ2) is 10.7. The third-order valence-electron chi connectivity index (χ3n) is 5.01. The van der Waals surface area contributed by atoms with Crippen LogP contribution < -0.4 is 14.8 Å². The van der Waals surface area contributed by atoms with Crippen molar-refractivity contribution in [3.8, 4) is 11.5 Å². The van der Waals surface area contributed by atoms with Crippen LogP contribution in [0.25, 0.3) is 11.0 Å². The minimum absolute atomic E-state index is 0.405. The number of halogens is 2. The van der Waals surface area contributed by atoms with E-state index in [0.717, 1.165) is 41.0 Å². The van der Waals surface area contributed by atoms with Gasteiger partial charge >= 0.3 is 0 Å². The second-order valence-corrected chi connectivity index (χ2v) is 8.21. The van der Waals surface area contributed by atoms with E-state index >= 15 is 0 Å². The molecule has 0 saturated carbocycles. The van der Waals surface area contributed by atoms with Crippen molar-refractivity contribution in [3.63, 3.8) is 0 Å². The first-order valence-corrected chi connectivity index (χ1v) is 11.3. The van der Waals surface area contributed by atoms with Crippen molar-refractivity contribution in [2.24, 2.45) is 0 Å². The topological polar surface area (TPSA) is 59.2 Å². The molecule has 0 aliphatic rings. The average molecular weight is 470 g/mol. The number of imidazole rings is 1. The maximum Gasteiger partial charge on any atom is 0.163 e. The molecule has 4 rings (SSSR count). The summed E-state index contributed by atoms with van der Waals surface area (Å²) in [5, 5.41) is 4.77. The van der Waals surface area contributed by atoms with Gasteiger partial charge in [-0.05, 0) is 48.4 Å². The van der Waals surface area contributed by atoms with Gasteiger partial charge in [0.15, 0.2) is 11.5 Å². The van der Waals surface area contributed by atoms with E-state index in [9.17, 15) is 0 Å². The lowest BCUT2D eigenvalue weighted by atomic mass is 10.2. The number of para-hydroxylation sites is 2. The number of aromatic amines is 1. The molecule has 32 heavy (non-hydrogen) atoms. The number of fused-ring (bicyclic) bond motifs is 1. The molecule has 0 amide bonds. The van der Waals surface area contributed by atoms with Crippen LogP contribution >= 0.6 is 23.2 Å². The highest BCUT2D eigenvalue weighted by Gasteiger charge is 2.12. The summed E-state index contributed by atoms with van der Waals surface area (Å²) in [5.41, 5.74) is 4.02. The van der Waals surface area contributed by atoms with Gasteiger partial charge in [-0.1, -0.05) is 47.5 Å². The molecule has 0 fully saturated rings. The number of nitrogens with zero attached hydrogens (tertiary/aromatic N) is 1. The van der Waals surface area contributed by atoms with Gasteiger partial charge < -0.3 is 19.8 Å². The van der Waals surface area contributed by atoms with Gasteiger partial charge in [0.1, 0.15) is 12.4 Å². The maximum absolute atomic E-state index is 6.54. The van der Waals surface area contributed by atoms with E-state index in [1.165, 1.54) is 0 Å². The first kappa shape index (κ1) is 22.5. The zero-order valence-electron chi connectivity index (χ0n) is 17.8. The highest BCUT2D eigenvalue weighted by Crippen LogP contribution is 2.34. The van der Waals surface area contributed by atoms with E-state index in [1.54, 1.807) is 0 Å². The van der Waals surface area contributed by atoms with Crippen LogP contribution in [0.2, 0.25) is 10.0 Å². The molecule has 0 spiro atoms. The zero-order chi connectivity index (χ0) is 22.3. The predicted molar refractivity (Wildman–Crippen MR) is 130 cm³/mol. The maximum atomic E-state index is 6.54. The summed E-state index contributed by atoms with van der Waals surface area (Å²) in [6.07, 6.45) is 0.799. The van der Waals surface area contributed by atoms with Gasteiger partial charge in [0, 0.05) is 35.6 Å². The number of hydrogen-bond acceptors (Lipinski definition) is 4. The first-order valence-electron chi connectivity index (χ1n) is 10.6. The predicted octanol–water partition coefficient (Wildman–Crippen LogP) is 6.18. The lowest BCUT2D eigenvalue weighted by Gasteiger charge is -2.15. The minimum atomic E-state index is 0.405. The van der Waals surface area contributed by atoms with Crippen LogP contribution in [-0.2, 0) is 19.6 Å². The van der Waals surface area contributed by atoms with Crippen LogP contribution in [0.15, 0.2) is 60.7 Å². The van der Waals surface area contributed by atoms with Crippen molar-refractivity contribution in [2.45, 2.75) is 26.5 Å². The van der Waals surface area contributed by atoms with Crippen molar-refractivity contribution in [2.75, 3.05) is 13.2 Å². The summed E-state index contributed by atoms with van der Waals surface area (Å²) in [7, 11) is 0. The number of H-pyrrole nitrogens is 1. The van der Waals surface area contributed by atoms with Gasteiger partial charge in [-0.3, -0.25) is 0 Å². The van der Waals surface area contributed by atoms with Gasteiger partial charge in [0.2, 0.25) is 0 Å². The quantitative estimate of drug-likeness (QED) is 0.272. The van der Waals surface area contributed by atoms with Crippen LogP contribution in [0.4, 0.5) is 0 Å². The molecule has 166 valence electrons. The third kappa shape index (κ3) is 5.74. The Bertz CT molecular complexity index is 1140. The highest BCUT2D eigenvalue weighted by atomic mass is 35.5. The number of aromatic nitrogens is 2. The minimum Gasteiger partial charge on any atom is -0.490 e. The number of nitrogens with one attached hydrogen (secondary N) is 2. The van der Waals surface area contributed by atoms with Crippen LogP contribution in [-0.4, -0.2) is 23.1 Å². The normalized spacial score (nSPS) is 11.1. The third-order valence-corrected chi connectivity index (χ3v) is 5.62. The summed E-state index contributed by atoms with van der Waals surface area (Å²) in [4.78, 5) is 7.96. The Morgan fingerprint density at radius 3 is 2.53 bits per heavy atom. The summed E-state index contributed by atoms with van der Waals surface area (Å²) in [5.74, 6) is 2.27. The van der Waals surface area contributed by atoms with Crippen molar-refractivity contribution in [3.05, 3.63) is 87.7 Å². The fraction of sp³-hybridized carbons (Fsp3) is 0.240. The van der Waals surface area contributed by atoms with Gasteiger partial charge in [-0.2, -0.15) is 0 Å².